The van der Waals surface area contributed by atoms with Crippen molar-refractivity contribution in [2.45, 2.75) is 47.1 Å². The monoisotopic (exact) mass is 271 g/mol. The molecule has 3 heteroatoms. The number of benzene rings is 1. The van der Waals surface area contributed by atoms with Gasteiger partial charge in [-0.15, -0.1) is 0 Å². The Morgan fingerprint density at radius 1 is 1.10 bits per heavy atom. The van der Waals surface area contributed by atoms with Crippen LogP contribution in [-0.4, -0.2) is 22.8 Å². The molecule has 3 nitrogen and oxygen atoms in total. The lowest BCUT2D eigenvalue weighted by Crippen LogP contribution is -2.42. The molecular weight excluding hydrogens is 246 g/mol. The van der Waals surface area contributed by atoms with Crippen LogP contribution in [0.2, 0.25) is 0 Å². The molecule has 1 aromatic carbocycles. The zero-order valence-electron chi connectivity index (χ0n) is 13.2. The van der Waals surface area contributed by atoms with E-state index in [1.807, 2.05) is 6.92 Å². The Morgan fingerprint density at radius 2 is 1.75 bits per heavy atom. The first-order valence-corrected chi connectivity index (χ1v) is 7.37. The lowest BCUT2D eigenvalue weighted by molar-refractivity contribution is 0.268. The lowest BCUT2D eigenvalue weighted by Gasteiger charge is -2.31. The Balaban J connectivity index is 2.40. The third-order valence-corrected chi connectivity index (χ3v) is 3.84. The minimum Gasteiger partial charge on any atom is -0.313 e. The SMILES string of the molecule is CCNC(Cc1nnc(C)c2ccccc12)C(C)(C)C. The van der Waals surface area contributed by atoms with Gasteiger partial charge < -0.3 is 5.32 Å². The highest BCUT2D eigenvalue weighted by molar-refractivity contribution is 5.86. The van der Waals surface area contributed by atoms with Crippen molar-refractivity contribution in [2.75, 3.05) is 6.54 Å². The topological polar surface area (TPSA) is 37.8 Å². The summed E-state index contributed by atoms with van der Waals surface area (Å²) in [5.74, 6) is 0. The molecule has 0 saturated heterocycles. The molecular formula is C17H25N3. The van der Waals surface area contributed by atoms with Crippen LogP contribution in [0.15, 0.2) is 24.3 Å². The predicted octanol–water partition coefficient (Wildman–Crippen LogP) is 3.50. The van der Waals surface area contributed by atoms with Crippen LogP contribution >= 0.6 is 0 Å². The molecule has 0 amide bonds. The largest absolute Gasteiger partial charge is 0.313 e. The second-order valence-corrected chi connectivity index (χ2v) is 6.46. The van der Waals surface area contributed by atoms with Gasteiger partial charge in [0, 0.05) is 23.2 Å². The Hall–Kier alpha value is -1.48. The van der Waals surface area contributed by atoms with Crippen LogP contribution in [-0.2, 0) is 6.42 Å². The summed E-state index contributed by atoms with van der Waals surface area (Å²) in [7, 11) is 0. The molecule has 0 bridgehead atoms. The molecule has 1 heterocycles. The number of hydrogen-bond donors (Lipinski definition) is 1. The van der Waals surface area contributed by atoms with E-state index in [4.69, 9.17) is 0 Å². The van der Waals surface area contributed by atoms with E-state index in [0.717, 1.165) is 24.4 Å². The summed E-state index contributed by atoms with van der Waals surface area (Å²) in [6.45, 7) is 11.9. The summed E-state index contributed by atoms with van der Waals surface area (Å²) in [6.07, 6.45) is 0.908. The summed E-state index contributed by atoms with van der Waals surface area (Å²) >= 11 is 0. The maximum atomic E-state index is 4.45. The first-order chi connectivity index (χ1) is 9.43. The fraction of sp³-hybridized carbons (Fsp3) is 0.529. The molecule has 1 unspecified atom stereocenters. The normalized spacial score (nSPS) is 13.7. The highest BCUT2D eigenvalue weighted by atomic mass is 15.1. The van der Waals surface area contributed by atoms with E-state index in [-0.39, 0.29) is 5.41 Å². The molecule has 0 saturated carbocycles. The van der Waals surface area contributed by atoms with Crippen molar-refractivity contribution in [1.82, 2.24) is 15.5 Å². The Labute approximate surface area is 121 Å². The number of nitrogens with zero attached hydrogens (tertiary/aromatic N) is 2. The second kappa shape index (κ2) is 5.88. The summed E-state index contributed by atoms with van der Waals surface area (Å²) in [4.78, 5) is 0. The van der Waals surface area contributed by atoms with Gasteiger partial charge in [0.15, 0.2) is 0 Å². The van der Waals surface area contributed by atoms with E-state index < -0.39 is 0 Å². The zero-order chi connectivity index (χ0) is 14.8. The van der Waals surface area contributed by atoms with Crippen LogP contribution < -0.4 is 5.32 Å². The Bertz CT molecular complexity index is 584. The number of likely N-dealkylation sites (N-methyl/N-ethyl adjacent to an activating group) is 1. The third kappa shape index (κ3) is 3.15. The maximum absolute atomic E-state index is 4.45. The van der Waals surface area contributed by atoms with E-state index in [1.165, 1.54) is 10.8 Å². The maximum Gasteiger partial charge on any atom is 0.0725 e. The van der Waals surface area contributed by atoms with Crippen molar-refractivity contribution >= 4 is 10.8 Å². The molecule has 1 N–H and O–H groups in total. The molecule has 2 aromatic rings. The van der Waals surface area contributed by atoms with Gasteiger partial charge in [-0.05, 0) is 18.9 Å². The fourth-order valence-electron chi connectivity index (χ4n) is 2.57. The van der Waals surface area contributed by atoms with E-state index in [2.05, 4.69) is 67.5 Å². The van der Waals surface area contributed by atoms with Gasteiger partial charge in [-0.1, -0.05) is 52.0 Å². The predicted molar refractivity (Wildman–Crippen MR) is 84.9 cm³/mol. The molecule has 0 aliphatic rings. The lowest BCUT2D eigenvalue weighted by atomic mass is 9.83. The second-order valence-electron chi connectivity index (χ2n) is 6.46. The highest BCUT2D eigenvalue weighted by Gasteiger charge is 2.25. The molecule has 1 aromatic heterocycles. The molecule has 0 fully saturated rings. The first-order valence-electron chi connectivity index (χ1n) is 7.37. The van der Waals surface area contributed by atoms with Crippen LogP contribution in [0.4, 0.5) is 0 Å². The van der Waals surface area contributed by atoms with Crippen LogP contribution in [0.25, 0.3) is 10.8 Å². The molecule has 0 aliphatic heterocycles. The molecule has 1 atom stereocenters. The minimum atomic E-state index is 0.198. The van der Waals surface area contributed by atoms with Crippen LogP contribution in [0.5, 0.6) is 0 Å². The summed E-state index contributed by atoms with van der Waals surface area (Å²) < 4.78 is 0. The molecule has 0 radical (unpaired) electrons. The van der Waals surface area contributed by atoms with E-state index >= 15 is 0 Å². The number of rotatable bonds is 4. The van der Waals surface area contributed by atoms with Gasteiger partial charge in [0.1, 0.15) is 0 Å². The number of hydrogen-bond acceptors (Lipinski definition) is 3. The van der Waals surface area contributed by atoms with Crippen molar-refractivity contribution < 1.29 is 0 Å². The number of aryl methyl sites for hydroxylation is 1. The summed E-state index contributed by atoms with van der Waals surface area (Å²) in [5.41, 5.74) is 2.29. The molecule has 0 aliphatic carbocycles. The third-order valence-electron chi connectivity index (χ3n) is 3.84. The molecule has 2 rings (SSSR count). The van der Waals surface area contributed by atoms with Gasteiger partial charge in [0.25, 0.3) is 0 Å². The van der Waals surface area contributed by atoms with Gasteiger partial charge in [-0.2, -0.15) is 10.2 Å². The van der Waals surface area contributed by atoms with Crippen molar-refractivity contribution in [3.8, 4) is 0 Å². The minimum absolute atomic E-state index is 0.198. The standard InChI is InChI=1S/C17H25N3/c1-6-18-16(17(3,4)5)11-15-14-10-8-7-9-13(14)12(2)19-20-15/h7-10,16,18H,6,11H2,1-5H3. The van der Waals surface area contributed by atoms with Gasteiger partial charge >= 0.3 is 0 Å². The van der Waals surface area contributed by atoms with Crippen molar-refractivity contribution in [1.29, 1.82) is 0 Å². The average molecular weight is 271 g/mol. The van der Waals surface area contributed by atoms with E-state index in [9.17, 15) is 0 Å². The molecule has 20 heavy (non-hydrogen) atoms. The molecule has 0 spiro atoms. The van der Waals surface area contributed by atoms with Crippen LogP contribution in [0.1, 0.15) is 39.1 Å². The smallest absolute Gasteiger partial charge is 0.0725 e. The van der Waals surface area contributed by atoms with Gasteiger partial charge in [-0.3, -0.25) is 0 Å². The quantitative estimate of drug-likeness (QED) is 0.924. The number of nitrogens with one attached hydrogen (secondary N) is 1. The average Bonchev–Trinajstić information content (AvgIpc) is 2.40. The van der Waals surface area contributed by atoms with Crippen molar-refractivity contribution in [3.05, 3.63) is 35.7 Å². The number of aromatic nitrogens is 2. The van der Waals surface area contributed by atoms with Gasteiger partial charge in [0.05, 0.1) is 11.4 Å². The van der Waals surface area contributed by atoms with Gasteiger partial charge in [0.2, 0.25) is 0 Å². The summed E-state index contributed by atoms with van der Waals surface area (Å²) in [6, 6.07) is 8.81. The van der Waals surface area contributed by atoms with Gasteiger partial charge in [-0.25, -0.2) is 0 Å². The highest BCUT2D eigenvalue weighted by Crippen LogP contribution is 2.25. The Morgan fingerprint density at radius 3 is 2.35 bits per heavy atom. The zero-order valence-corrected chi connectivity index (χ0v) is 13.2. The van der Waals surface area contributed by atoms with E-state index in [0.29, 0.717) is 6.04 Å². The fourth-order valence-corrected chi connectivity index (χ4v) is 2.57. The first kappa shape index (κ1) is 14.9. The van der Waals surface area contributed by atoms with Crippen LogP contribution in [0.3, 0.4) is 0 Å². The Kier molecular flexibility index (Phi) is 4.39. The summed E-state index contributed by atoms with van der Waals surface area (Å²) in [5, 5.41) is 14.8. The van der Waals surface area contributed by atoms with Crippen molar-refractivity contribution in [2.24, 2.45) is 5.41 Å². The van der Waals surface area contributed by atoms with Crippen molar-refractivity contribution in [3.63, 3.8) is 0 Å². The number of fused-ring (bicyclic) bond motifs is 1. The van der Waals surface area contributed by atoms with Crippen LogP contribution in [0, 0.1) is 12.3 Å². The van der Waals surface area contributed by atoms with E-state index in [1.54, 1.807) is 0 Å². The molecule has 108 valence electrons.